The van der Waals surface area contributed by atoms with E-state index in [2.05, 4.69) is 9.97 Å². The first-order valence-electron chi connectivity index (χ1n) is 9.60. The summed E-state index contributed by atoms with van der Waals surface area (Å²) in [6, 6.07) is -1.94. The molecule has 0 aromatic carbocycles. The normalized spacial score (nSPS) is 30.3. The lowest BCUT2D eigenvalue weighted by atomic mass is 9.80. The van der Waals surface area contributed by atoms with Crippen LogP contribution in [0.15, 0.2) is 12.5 Å². The largest absolute Gasteiger partial charge is 0.364 e. The molecular formula is C19H28N5O4+. The smallest absolute Gasteiger partial charge is 0.338 e. The third-order valence-electron chi connectivity index (χ3n) is 6.27. The van der Waals surface area contributed by atoms with Gasteiger partial charge in [0, 0.05) is 44.0 Å². The van der Waals surface area contributed by atoms with E-state index in [1.54, 1.807) is 6.20 Å². The van der Waals surface area contributed by atoms with Crippen molar-refractivity contribution in [1.29, 1.82) is 0 Å². The molecular weight excluding hydrogens is 362 g/mol. The molecule has 2 fully saturated rings. The maximum atomic E-state index is 13.7. The van der Waals surface area contributed by atoms with Crippen molar-refractivity contribution >= 4 is 23.5 Å². The fourth-order valence-electron chi connectivity index (χ4n) is 4.83. The zero-order valence-corrected chi connectivity index (χ0v) is 16.3. The minimum Gasteiger partial charge on any atom is -0.364 e. The predicted molar refractivity (Wildman–Crippen MR) is 99.1 cm³/mol. The Bertz CT molecular complexity index is 803. The van der Waals surface area contributed by atoms with Gasteiger partial charge in [-0.3, -0.25) is 9.59 Å². The van der Waals surface area contributed by atoms with Gasteiger partial charge in [-0.05, 0) is 5.41 Å². The quantitative estimate of drug-likeness (QED) is 0.593. The molecule has 0 spiro atoms. The zero-order valence-electron chi connectivity index (χ0n) is 16.3. The number of likely N-dealkylation sites (tertiary alicyclic amines) is 1. The number of hydrogen-bond acceptors (Lipinski definition) is 6. The molecule has 28 heavy (non-hydrogen) atoms. The van der Waals surface area contributed by atoms with E-state index in [1.165, 1.54) is 6.33 Å². The molecule has 9 heteroatoms. The highest BCUT2D eigenvalue weighted by molar-refractivity contribution is 5.97. The van der Waals surface area contributed by atoms with E-state index < -0.39 is 45.6 Å². The van der Waals surface area contributed by atoms with Crippen LogP contribution < -0.4 is 11.5 Å². The van der Waals surface area contributed by atoms with Crippen molar-refractivity contribution in [3.05, 3.63) is 18.2 Å². The topological polar surface area (TPSA) is 149 Å². The molecule has 2 aliphatic rings. The third-order valence-corrected chi connectivity index (χ3v) is 6.27. The summed E-state index contributed by atoms with van der Waals surface area (Å²) in [5, 5.41) is 0. The molecule has 1 aliphatic heterocycles. The van der Waals surface area contributed by atoms with E-state index in [-0.39, 0.29) is 31.6 Å². The van der Waals surface area contributed by atoms with Gasteiger partial charge in [0.05, 0.1) is 18.8 Å². The number of imidazole rings is 1. The minimum absolute atomic E-state index is 0.00877. The molecule has 3 rings (SSSR count). The number of amides is 3. The molecule has 0 bridgehead atoms. The van der Waals surface area contributed by atoms with Gasteiger partial charge in [-0.2, -0.15) is 4.48 Å². The van der Waals surface area contributed by atoms with Crippen molar-refractivity contribution < 1.29 is 23.7 Å². The number of nitrogens with zero attached hydrogens (tertiary/aromatic N) is 2. The summed E-state index contributed by atoms with van der Waals surface area (Å²) in [5.74, 6) is -2.25. The number of hydrogen-bond donors (Lipinski definition) is 3. The monoisotopic (exact) mass is 390 g/mol. The number of quaternary nitrogens is 1. The summed E-state index contributed by atoms with van der Waals surface area (Å²) in [6.45, 7) is 3.88. The van der Waals surface area contributed by atoms with E-state index in [0.717, 1.165) is 0 Å². The average Bonchev–Trinajstić information content (AvgIpc) is 3.32. The maximum absolute atomic E-state index is 13.7. The second-order valence-corrected chi connectivity index (χ2v) is 8.68. The lowest BCUT2D eigenvalue weighted by Crippen LogP contribution is -2.69. The van der Waals surface area contributed by atoms with Crippen LogP contribution in [0.5, 0.6) is 0 Å². The van der Waals surface area contributed by atoms with Crippen LogP contribution in [0, 0.1) is 11.3 Å². The van der Waals surface area contributed by atoms with Gasteiger partial charge in [-0.25, -0.2) is 14.6 Å². The number of carbonyl (C=O) groups excluding carboxylic acids is 4. The minimum atomic E-state index is -0.996. The van der Waals surface area contributed by atoms with Crippen LogP contribution in [0.25, 0.3) is 0 Å². The van der Waals surface area contributed by atoms with Gasteiger partial charge in [0.15, 0.2) is 6.04 Å². The molecule has 1 saturated heterocycles. The van der Waals surface area contributed by atoms with E-state index in [9.17, 15) is 19.2 Å². The number of rotatable bonds is 5. The van der Waals surface area contributed by atoms with Gasteiger partial charge >= 0.3 is 11.8 Å². The number of nitrogens with two attached hydrogens (primary N) is 2. The highest BCUT2D eigenvalue weighted by atomic mass is 16.2. The Morgan fingerprint density at radius 1 is 1.39 bits per heavy atom. The number of carbonyl (C=O) groups is 4. The number of nitrogens with one attached hydrogen (secondary N) is 1. The number of H-pyrrole nitrogens is 1. The Kier molecular flexibility index (Phi) is 5.24. The lowest BCUT2D eigenvalue weighted by molar-refractivity contribution is -0.785. The average molecular weight is 390 g/mol. The number of ketones is 1. The molecule has 1 aliphatic carbocycles. The molecule has 1 saturated carbocycles. The zero-order chi connectivity index (χ0) is 20.7. The van der Waals surface area contributed by atoms with Gasteiger partial charge in [-0.1, -0.05) is 13.8 Å². The predicted octanol–water partition coefficient (Wildman–Crippen LogP) is -0.197. The molecule has 2 unspecified atom stereocenters. The van der Waals surface area contributed by atoms with Crippen molar-refractivity contribution in [3.8, 4) is 0 Å². The Morgan fingerprint density at radius 2 is 2.11 bits per heavy atom. The molecule has 9 nitrogen and oxygen atoms in total. The highest BCUT2D eigenvalue weighted by Gasteiger charge is 2.62. The third kappa shape index (κ3) is 3.29. The summed E-state index contributed by atoms with van der Waals surface area (Å²) in [6.07, 6.45) is 4.45. The molecule has 5 N–H and O–H groups in total. The number of Topliss-reactive ketones (excluding diaryl/α,β-unsaturated/α-hetero) is 1. The molecule has 4 atom stereocenters. The summed E-state index contributed by atoms with van der Waals surface area (Å²) >= 11 is 0. The number of primary amides is 1. The summed E-state index contributed by atoms with van der Waals surface area (Å²) in [4.78, 5) is 58.2. The summed E-state index contributed by atoms with van der Waals surface area (Å²) in [7, 11) is 0. The van der Waals surface area contributed by atoms with E-state index in [0.29, 0.717) is 18.5 Å². The van der Waals surface area contributed by atoms with Crippen LogP contribution in [-0.2, 0) is 25.6 Å². The van der Waals surface area contributed by atoms with E-state index in [4.69, 9.17) is 11.5 Å². The molecule has 2 heterocycles. The van der Waals surface area contributed by atoms with Gasteiger partial charge in [0.1, 0.15) is 11.8 Å². The molecule has 3 amide bonds. The Labute approximate surface area is 163 Å². The van der Waals surface area contributed by atoms with Crippen LogP contribution in [0.4, 0.5) is 0 Å². The second-order valence-electron chi connectivity index (χ2n) is 8.68. The summed E-state index contributed by atoms with van der Waals surface area (Å²) in [5.41, 5.74) is 11.9. The van der Waals surface area contributed by atoms with Crippen LogP contribution >= 0.6 is 0 Å². The molecule has 152 valence electrons. The Balaban J connectivity index is 1.99. The fraction of sp³-hybridized carbons (Fsp3) is 0.632. The van der Waals surface area contributed by atoms with Crippen molar-refractivity contribution in [3.63, 3.8) is 0 Å². The van der Waals surface area contributed by atoms with Gasteiger partial charge in [0.25, 0.3) is 5.91 Å². The van der Waals surface area contributed by atoms with Gasteiger partial charge < -0.3 is 16.5 Å². The Morgan fingerprint density at radius 3 is 2.64 bits per heavy atom. The van der Waals surface area contributed by atoms with Crippen LogP contribution in [-0.4, -0.2) is 56.6 Å². The van der Waals surface area contributed by atoms with Crippen molar-refractivity contribution in [2.45, 2.75) is 58.0 Å². The first kappa shape index (κ1) is 20.3. The first-order valence-corrected chi connectivity index (χ1v) is 9.60. The molecule has 1 aromatic rings. The highest BCUT2D eigenvalue weighted by Crippen LogP contribution is 2.45. The van der Waals surface area contributed by atoms with Crippen LogP contribution in [0.1, 0.15) is 45.2 Å². The second kappa shape index (κ2) is 7.21. The van der Waals surface area contributed by atoms with Crippen molar-refractivity contribution in [1.82, 2.24) is 9.97 Å². The Hall–Kier alpha value is -2.39. The number of aromatic nitrogens is 2. The SMILES string of the molecule is CC1(C)CC(=O)CC1C(=O)[N+]1(C(=O)[C@@H](N)Cc2cnc[nH]2)CCC[C@H]1C(N)=O. The van der Waals surface area contributed by atoms with Crippen LogP contribution in [0.3, 0.4) is 0 Å². The number of imide groups is 1. The standard InChI is InChI=1S/C19H27N5O4/c1-19(2)8-12(25)7-13(19)17(27)24(5-3-4-15(24)16(21)26)18(28)14(20)6-11-9-22-10-23-11/h9-10,13-15H,3-8,20H2,1-2H3,(H2-,21,22,23,26)/p+1/t13?,14-,15-,24?/m0/s1. The maximum Gasteiger partial charge on any atom is 0.338 e. The lowest BCUT2D eigenvalue weighted by Gasteiger charge is -2.39. The van der Waals surface area contributed by atoms with Gasteiger partial charge in [0.2, 0.25) is 0 Å². The van der Waals surface area contributed by atoms with E-state index in [1.807, 2.05) is 13.8 Å². The van der Waals surface area contributed by atoms with Crippen molar-refractivity contribution in [2.75, 3.05) is 6.54 Å². The van der Waals surface area contributed by atoms with Crippen molar-refractivity contribution in [2.24, 2.45) is 22.8 Å². The van der Waals surface area contributed by atoms with Gasteiger partial charge in [-0.15, -0.1) is 0 Å². The molecule has 1 aromatic heterocycles. The first-order chi connectivity index (χ1) is 13.1. The van der Waals surface area contributed by atoms with E-state index >= 15 is 0 Å². The summed E-state index contributed by atoms with van der Waals surface area (Å²) < 4.78 is -0.675. The number of aromatic amines is 1. The van der Waals surface area contributed by atoms with Crippen LogP contribution in [0.2, 0.25) is 0 Å². The fourth-order valence-corrected chi connectivity index (χ4v) is 4.83. The molecule has 0 radical (unpaired) electrons.